The summed E-state index contributed by atoms with van der Waals surface area (Å²) in [7, 11) is 2.05. The number of rotatable bonds is 5. The molecule has 0 saturated carbocycles. The maximum Gasteiger partial charge on any atom is 0.0601 e. The van der Waals surface area contributed by atoms with Gasteiger partial charge < -0.3 is 5.32 Å². The van der Waals surface area contributed by atoms with Crippen LogP contribution < -0.4 is 5.32 Å². The largest absolute Gasteiger partial charge is 0.319 e. The first-order chi connectivity index (χ1) is 12.4. The first-order valence-corrected chi connectivity index (χ1v) is 9.87. The van der Waals surface area contributed by atoms with Crippen molar-refractivity contribution < 1.29 is 0 Å². The quantitative estimate of drug-likeness (QED) is 0.787. The second-order valence-corrected chi connectivity index (χ2v) is 5.93. The molecule has 0 amide bonds. The van der Waals surface area contributed by atoms with Gasteiger partial charge in [0.05, 0.1) is 6.04 Å². The Labute approximate surface area is 155 Å². The highest BCUT2D eigenvalue weighted by Crippen LogP contribution is 2.32. The lowest BCUT2D eigenvalue weighted by atomic mass is 9.97. The van der Waals surface area contributed by atoms with Crippen molar-refractivity contribution in [3.63, 3.8) is 0 Å². The first-order valence-electron chi connectivity index (χ1n) is 9.87. The van der Waals surface area contributed by atoms with E-state index in [2.05, 4.69) is 77.9 Å². The molecule has 1 aliphatic heterocycles. The summed E-state index contributed by atoms with van der Waals surface area (Å²) in [6.07, 6.45) is 1.29. The van der Waals surface area contributed by atoms with Crippen LogP contribution in [-0.4, -0.2) is 31.6 Å². The van der Waals surface area contributed by atoms with E-state index < -0.39 is 0 Å². The average molecular weight is 341 g/mol. The van der Waals surface area contributed by atoms with Crippen LogP contribution >= 0.6 is 0 Å². The van der Waals surface area contributed by atoms with E-state index in [1.807, 2.05) is 27.7 Å². The lowest BCUT2D eigenvalue weighted by Gasteiger charge is -2.29. The van der Waals surface area contributed by atoms with Gasteiger partial charge in [0.25, 0.3) is 0 Å². The molecule has 1 heterocycles. The standard InChI is InChI=1S/C19H24N2.2C2H6/c1-20-14-16-12-13-21(15-16)19(17-8-4-2-5-9-17)18-10-6-3-7-11-18;2*1-2/h2-11,16,19-20H,12-15H2,1H3;2*1-2H3. The SMILES string of the molecule is CC.CC.CNCC1CCN(C(c2ccccc2)c2ccccc2)C1. The number of hydrogen-bond acceptors (Lipinski definition) is 2. The molecule has 138 valence electrons. The van der Waals surface area contributed by atoms with Gasteiger partial charge in [0.1, 0.15) is 0 Å². The summed E-state index contributed by atoms with van der Waals surface area (Å²) in [6.45, 7) is 11.5. The van der Waals surface area contributed by atoms with Crippen molar-refractivity contribution in [2.45, 2.75) is 40.2 Å². The molecule has 2 nitrogen and oxygen atoms in total. The van der Waals surface area contributed by atoms with Gasteiger partial charge in [0.15, 0.2) is 0 Å². The highest BCUT2D eigenvalue weighted by molar-refractivity contribution is 5.32. The van der Waals surface area contributed by atoms with Gasteiger partial charge in [-0.25, -0.2) is 0 Å². The minimum Gasteiger partial charge on any atom is -0.319 e. The minimum absolute atomic E-state index is 0.384. The predicted molar refractivity (Wildman–Crippen MR) is 111 cm³/mol. The van der Waals surface area contributed by atoms with E-state index in [1.54, 1.807) is 0 Å². The van der Waals surface area contributed by atoms with Crippen molar-refractivity contribution in [3.8, 4) is 0 Å². The lowest BCUT2D eigenvalue weighted by Crippen LogP contribution is -2.29. The molecular weight excluding hydrogens is 304 g/mol. The van der Waals surface area contributed by atoms with Crippen LogP contribution in [-0.2, 0) is 0 Å². The minimum atomic E-state index is 0.384. The van der Waals surface area contributed by atoms with E-state index in [4.69, 9.17) is 0 Å². The molecule has 1 unspecified atom stereocenters. The van der Waals surface area contributed by atoms with Gasteiger partial charge >= 0.3 is 0 Å². The van der Waals surface area contributed by atoms with E-state index >= 15 is 0 Å². The molecule has 2 aromatic rings. The Bertz CT molecular complexity index is 499. The van der Waals surface area contributed by atoms with Gasteiger partial charge in [-0.1, -0.05) is 88.4 Å². The second kappa shape index (κ2) is 12.7. The summed E-state index contributed by atoms with van der Waals surface area (Å²) in [5, 5.41) is 3.32. The van der Waals surface area contributed by atoms with E-state index in [1.165, 1.54) is 30.6 Å². The molecule has 0 aromatic heterocycles. The topological polar surface area (TPSA) is 15.3 Å². The van der Waals surface area contributed by atoms with Gasteiger partial charge in [0.2, 0.25) is 0 Å². The van der Waals surface area contributed by atoms with Crippen molar-refractivity contribution in [1.29, 1.82) is 0 Å². The van der Waals surface area contributed by atoms with Crippen LogP contribution in [0.2, 0.25) is 0 Å². The van der Waals surface area contributed by atoms with Crippen molar-refractivity contribution in [2.75, 3.05) is 26.7 Å². The molecule has 0 radical (unpaired) electrons. The Hall–Kier alpha value is -1.64. The van der Waals surface area contributed by atoms with Crippen LogP contribution in [0.4, 0.5) is 0 Å². The van der Waals surface area contributed by atoms with Crippen LogP contribution in [0.3, 0.4) is 0 Å². The van der Waals surface area contributed by atoms with Crippen LogP contribution in [0.25, 0.3) is 0 Å². The lowest BCUT2D eigenvalue weighted by molar-refractivity contribution is 0.269. The summed E-state index contributed by atoms with van der Waals surface area (Å²) in [4.78, 5) is 2.63. The van der Waals surface area contributed by atoms with Crippen LogP contribution in [0.5, 0.6) is 0 Å². The third kappa shape index (κ3) is 6.30. The molecule has 1 N–H and O–H groups in total. The van der Waals surface area contributed by atoms with E-state index in [0.29, 0.717) is 6.04 Å². The summed E-state index contributed by atoms with van der Waals surface area (Å²) in [5.74, 6) is 0.768. The van der Waals surface area contributed by atoms with Crippen molar-refractivity contribution in [1.82, 2.24) is 10.2 Å². The summed E-state index contributed by atoms with van der Waals surface area (Å²) >= 11 is 0. The van der Waals surface area contributed by atoms with Crippen LogP contribution in [0, 0.1) is 5.92 Å². The van der Waals surface area contributed by atoms with Gasteiger partial charge in [0, 0.05) is 6.54 Å². The Morgan fingerprint density at radius 3 is 1.80 bits per heavy atom. The van der Waals surface area contributed by atoms with Crippen LogP contribution in [0.1, 0.15) is 51.3 Å². The van der Waals surface area contributed by atoms with Gasteiger partial charge in [-0.2, -0.15) is 0 Å². The molecule has 0 aliphatic carbocycles. The number of likely N-dealkylation sites (tertiary alicyclic amines) is 1. The molecular formula is C23H36N2. The Kier molecular flexibility index (Phi) is 10.9. The zero-order valence-corrected chi connectivity index (χ0v) is 16.7. The Balaban J connectivity index is 0.000000730. The fraction of sp³-hybridized carbons (Fsp3) is 0.478. The highest BCUT2D eigenvalue weighted by atomic mass is 15.2. The van der Waals surface area contributed by atoms with Crippen molar-refractivity contribution in [3.05, 3.63) is 71.8 Å². The van der Waals surface area contributed by atoms with E-state index in [0.717, 1.165) is 12.5 Å². The third-order valence-electron chi connectivity index (χ3n) is 4.41. The number of hydrogen-bond donors (Lipinski definition) is 1. The van der Waals surface area contributed by atoms with E-state index in [9.17, 15) is 0 Å². The molecule has 25 heavy (non-hydrogen) atoms. The first kappa shape index (κ1) is 21.4. The zero-order valence-electron chi connectivity index (χ0n) is 16.7. The predicted octanol–water partition coefficient (Wildman–Crippen LogP) is 5.37. The van der Waals surface area contributed by atoms with Gasteiger partial charge in [-0.15, -0.1) is 0 Å². The molecule has 1 fully saturated rings. The maximum absolute atomic E-state index is 3.32. The van der Waals surface area contributed by atoms with Crippen LogP contribution in [0.15, 0.2) is 60.7 Å². The molecule has 1 atom stereocenters. The number of nitrogens with zero attached hydrogens (tertiary/aromatic N) is 1. The molecule has 3 rings (SSSR count). The molecule has 2 aromatic carbocycles. The molecule has 1 saturated heterocycles. The average Bonchev–Trinajstić information content (AvgIpc) is 3.15. The van der Waals surface area contributed by atoms with E-state index in [-0.39, 0.29) is 0 Å². The summed E-state index contributed by atoms with van der Waals surface area (Å²) in [5.41, 5.74) is 2.79. The summed E-state index contributed by atoms with van der Waals surface area (Å²) in [6, 6.07) is 22.2. The smallest absolute Gasteiger partial charge is 0.0601 e. The fourth-order valence-corrected chi connectivity index (χ4v) is 3.44. The molecule has 0 bridgehead atoms. The number of nitrogens with one attached hydrogen (secondary N) is 1. The fourth-order valence-electron chi connectivity index (χ4n) is 3.44. The third-order valence-corrected chi connectivity index (χ3v) is 4.41. The molecule has 1 aliphatic rings. The second-order valence-electron chi connectivity index (χ2n) is 5.93. The maximum atomic E-state index is 3.32. The monoisotopic (exact) mass is 340 g/mol. The van der Waals surface area contributed by atoms with Gasteiger partial charge in [-0.05, 0) is 43.6 Å². The molecule has 0 spiro atoms. The Morgan fingerprint density at radius 1 is 0.880 bits per heavy atom. The normalized spacial score (nSPS) is 16.6. The Morgan fingerprint density at radius 2 is 1.36 bits per heavy atom. The van der Waals surface area contributed by atoms with Crippen molar-refractivity contribution in [2.24, 2.45) is 5.92 Å². The summed E-state index contributed by atoms with van der Waals surface area (Å²) < 4.78 is 0. The molecule has 2 heteroatoms. The van der Waals surface area contributed by atoms with Gasteiger partial charge in [-0.3, -0.25) is 4.90 Å². The highest BCUT2D eigenvalue weighted by Gasteiger charge is 2.29. The number of benzene rings is 2. The zero-order chi connectivity index (χ0) is 18.5. The van der Waals surface area contributed by atoms with Crippen molar-refractivity contribution >= 4 is 0 Å².